The molecule has 0 unspecified atom stereocenters. The maximum absolute atomic E-state index is 8.52. The molecule has 0 rings (SSSR count). The molecule has 11 heavy (non-hydrogen) atoms. The Morgan fingerprint density at radius 3 is 1.09 bits per heavy atom. The van der Waals surface area contributed by atoms with Gasteiger partial charge in [-0.05, 0) is 0 Å². The summed E-state index contributed by atoms with van der Waals surface area (Å²) >= 11 is 0. The summed E-state index contributed by atoms with van der Waals surface area (Å²) in [6, 6.07) is 0. The van der Waals surface area contributed by atoms with Crippen molar-refractivity contribution in [1.82, 2.24) is 0 Å². The van der Waals surface area contributed by atoms with Gasteiger partial charge in [-0.1, -0.05) is 26.7 Å². The minimum Gasteiger partial charge on any atom is -0.759 e. The van der Waals surface area contributed by atoms with Crippen LogP contribution in [0.1, 0.15) is 26.7 Å². The van der Waals surface area contributed by atoms with Crippen LogP contribution in [0, 0.1) is 0 Å². The second kappa shape index (κ2) is 15.6. The molecule has 0 atom stereocenters. The van der Waals surface area contributed by atoms with Crippen molar-refractivity contribution in [2.75, 3.05) is 0 Å². The summed E-state index contributed by atoms with van der Waals surface area (Å²) in [5.74, 6) is 0. The number of hydrogen-bond acceptors (Lipinski definition) is 4. The molecule has 0 aromatic carbocycles. The summed E-state index contributed by atoms with van der Waals surface area (Å²) in [6.07, 6.45) is 2.64. The van der Waals surface area contributed by atoms with Gasteiger partial charge in [-0.25, -0.2) is 0 Å². The molecular formula is C4H10K2O4S. The van der Waals surface area contributed by atoms with E-state index < -0.39 is 10.4 Å². The third-order valence-electron chi connectivity index (χ3n) is 0.500. The Kier molecular flexibility index (Phi) is 33.7. The molecule has 0 aromatic heterocycles. The average Bonchev–Trinajstić information content (AvgIpc) is 1.61. The summed E-state index contributed by atoms with van der Waals surface area (Å²) in [7, 11) is -5.17. The zero-order chi connectivity index (χ0) is 7.91. The molecule has 0 heterocycles. The number of hydrogen-bond donors (Lipinski definition) is 0. The van der Waals surface area contributed by atoms with Gasteiger partial charge in [0.25, 0.3) is 0 Å². The molecule has 0 bridgehead atoms. The fourth-order valence-corrected chi connectivity index (χ4v) is 0. The largest absolute Gasteiger partial charge is 1.00 e. The maximum Gasteiger partial charge on any atom is 1.00 e. The Hall–Kier alpha value is 3.14. The van der Waals surface area contributed by atoms with Crippen molar-refractivity contribution in [2.24, 2.45) is 0 Å². The molecule has 4 nitrogen and oxygen atoms in total. The quantitative estimate of drug-likeness (QED) is 0.257. The van der Waals surface area contributed by atoms with E-state index in [2.05, 4.69) is 13.8 Å². The van der Waals surface area contributed by atoms with Gasteiger partial charge in [0.1, 0.15) is 0 Å². The second-order valence-corrected chi connectivity index (χ2v) is 2.22. The third kappa shape index (κ3) is 95.1. The molecule has 0 radical (unpaired) electrons. The van der Waals surface area contributed by atoms with E-state index >= 15 is 0 Å². The first kappa shape index (κ1) is 23.7. The molecule has 0 aliphatic heterocycles. The molecule has 0 aliphatic rings. The molecule has 0 saturated heterocycles. The molecule has 58 valence electrons. The minimum absolute atomic E-state index is 0. The van der Waals surface area contributed by atoms with Crippen LogP contribution < -0.4 is 103 Å². The van der Waals surface area contributed by atoms with Gasteiger partial charge in [0.15, 0.2) is 0 Å². The van der Waals surface area contributed by atoms with E-state index in [4.69, 9.17) is 17.5 Å². The van der Waals surface area contributed by atoms with Crippen molar-refractivity contribution in [3.05, 3.63) is 0 Å². The Bertz CT molecular complexity index is 123. The Morgan fingerprint density at radius 1 is 1.00 bits per heavy atom. The van der Waals surface area contributed by atoms with E-state index in [0.717, 1.165) is 0 Å². The third-order valence-corrected chi connectivity index (χ3v) is 0.500. The van der Waals surface area contributed by atoms with E-state index in [9.17, 15) is 0 Å². The Labute approximate surface area is 153 Å². The van der Waals surface area contributed by atoms with Gasteiger partial charge < -0.3 is 9.11 Å². The summed E-state index contributed by atoms with van der Waals surface area (Å²) in [5.41, 5.74) is 0. The van der Waals surface area contributed by atoms with Crippen molar-refractivity contribution in [2.45, 2.75) is 26.7 Å². The topological polar surface area (TPSA) is 80.3 Å². The molecule has 7 heteroatoms. The van der Waals surface area contributed by atoms with Crippen molar-refractivity contribution in [3.8, 4) is 0 Å². The van der Waals surface area contributed by atoms with Gasteiger partial charge in [0.05, 0.1) is 0 Å². The first-order chi connectivity index (χ1) is 3.91. The summed E-state index contributed by atoms with van der Waals surface area (Å²) in [6.45, 7) is 4.36. The van der Waals surface area contributed by atoms with Crippen molar-refractivity contribution in [1.29, 1.82) is 0 Å². The molecule has 0 N–H and O–H groups in total. The normalized spacial score (nSPS) is 8.00. The van der Waals surface area contributed by atoms with E-state index in [1.807, 2.05) is 0 Å². The minimum atomic E-state index is -5.17. The molecule has 0 aromatic rings. The molecule has 0 amide bonds. The van der Waals surface area contributed by atoms with E-state index in [1.165, 1.54) is 12.8 Å². The van der Waals surface area contributed by atoms with Crippen LogP contribution in [-0.4, -0.2) is 17.5 Å². The Morgan fingerprint density at radius 2 is 1.09 bits per heavy atom. The van der Waals surface area contributed by atoms with Crippen molar-refractivity contribution >= 4 is 10.4 Å². The van der Waals surface area contributed by atoms with E-state index in [-0.39, 0.29) is 103 Å². The predicted molar refractivity (Wildman–Crippen MR) is 31.1 cm³/mol. The van der Waals surface area contributed by atoms with Crippen LogP contribution in [0.2, 0.25) is 0 Å². The fraction of sp³-hybridized carbons (Fsp3) is 1.00. The van der Waals surface area contributed by atoms with Crippen LogP contribution in [-0.2, 0) is 10.4 Å². The van der Waals surface area contributed by atoms with Crippen LogP contribution in [0.15, 0.2) is 0 Å². The monoisotopic (exact) mass is 232 g/mol. The smallest absolute Gasteiger partial charge is 0.759 e. The molecular weight excluding hydrogens is 222 g/mol. The van der Waals surface area contributed by atoms with Crippen LogP contribution in [0.4, 0.5) is 0 Å². The summed E-state index contributed by atoms with van der Waals surface area (Å²) in [4.78, 5) is 0. The van der Waals surface area contributed by atoms with Crippen LogP contribution in [0.5, 0.6) is 0 Å². The predicted octanol–water partition coefficient (Wildman–Crippen LogP) is -5.52. The van der Waals surface area contributed by atoms with Crippen LogP contribution >= 0.6 is 0 Å². The van der Waals surface area contributed by atoms with Gasteiger partial charge in [-0.2, -0.15) is 0 Å². The molecule has 0 fully saturated rings. The van der Waals surface area contributed by atoms with Crippen LogP contribution in [0.3, 0.4) is 0 Å². The summed E-state index contributed by atoms with van der Waals surface area (Å²) in [5, 5.41) is 0. The van der Waals surface area contributed by atoms with Gasteiger partial charge in [0, 0.05) is 10.4 Å². The second-order valence-electron chi connectivity index (χ2n) is 1.41. The first-order valence-corrected chi connectivity index (χ1v) is 3.91. The van der Waals surface area contributed by atoms with E-state index in [0.29, 0.717) is 0 Å². The first-order valence-electron chi connectivity index (χ1n) is 2.58. The fourth-order valence-electron chi connectivity index (χ4n) is 0. The zero-order valence-corrected chi connectivity index (χ0v) is 14.5. The Balaban J connectivity index is -0.0000000383. The molecule has 0 aliphatic carbocycles. The van der Waals surface area contributed by atoms with Crippen molar-refractivity contribution in [3.63, 3.8) is 0 Å². The molecule has 0 saturated carbocycles. The number of unbranched alkanes of at least 4 members (excludes halogenated alkanes) is 1. The SMILES string of the molecule is CCCC.O=S(=O)([O-])[O-].[K+].[K+]. The van der Waals surface area contributed by atoms with Crippen molar-refractivity contribution < 1.29 is 120 Å². The molecule has 0 spiro atoms. The van der Waals surface area contributed by atoms with Gasteiger partial charge >= 0.3 is 103 Å². The van der Waals surface area contributed by atoms with E-state index in [1.54, 1.807) is 0 Å². The zero-order valence-electron chi connectivity index (χ0n) is 7.46. The van der Waals surface area contributed by atoms with Gasteiger partial charge in [-0.15, -0.1) is 0 Å². The van der Waals surface area contributed by atoms with Gasteiger partial charge in [0.2, 0.25) is 0 Å². The number of rotatable bonds is 1. The maximum atomic E-state index is 8.52. The standard InChI is InChI=1S/C4H10.2K.H2O4S/c1-3-4-2;;;1-5(2,3)4/h3-4H2,1-2H3;;;(H2,1,2,3,4)/q;2*+1;/p-2. The summed E-state index contributed by atoms with van der Waals surface area (Å²) < 4.78 is 34.1. The van der Waals surface area contributed by atoms with Crippen LogP contribution in [0.25, 0.3) is 0 Å². The average molecular weight is 232 g/mol. The van der Waals surface area contributed by atoms with Gasteiger partial charge in [-0.3, -0.25) is 8.42 Å².